The number of benzene rings is 2. The monoisotopic (exact) mass is 380 g/mol. The number of nitrogens with zero attached hydrogens (tertiary/aromatic N) is 2. The summed E-state index contributed by atoms with van der Waals surface area (Å²) in [6, 6.07) is 17.3. The summed E-state index contributed by atoms with van der Waals surface area (Å²) in [6.45, 7) is 0.909. The third kappa shape index (κ3) is 3.71. The van der Waals surface area contributed by atoms with Crippen molar-refractivity contribution in [2.45, 2.75) is 19.1 Å². The van der Waals surface area contributed by atoms with Gasteiger partial charge in [-0.2, -0.15) is 0 Å². The van der Waals surface area contributed by atoms with E-state index in [0.717, 1.165) is 17.0 Å². The van der Waals surface area contributed by atoms with Crippen LogP contribution in [0.25, 0.3) is 0 Å². The van der Waals surface area contributed by atoms with E-state index in [-0.39, 0.29) is 24.3 Å². The van der Waals surface area contributed by atoms with E-state index in [1.807, 2.05) is 53.2 Å². The predicted molar refractivity (Wildman–Crippen MR) is 103 cm³/mol. The molecule has 0 bridgehead atoms. The second-order valence-electron chi connectivity index (χ2n) is 6.71. The van der Waals surface area contributed by atoms with Crippen LogP contribution >= 0.6 is 0 Å². The smallest absolute Gasteiger partial charge is 0.243 e. The zero-order chi connectivity index (χ0) is 19.5. The van der Waals surface area contributed by atoms with Gasteiger partial charge in [-0.05, 0) is 54.1 Å². The summed E-state index contributed by atoms with van der Waals surface area (Å²) >= 11 is 0. The Hall–Kier alpha value is -3.28. The molecule has 1 aromatic heterocycles. The SMILES string of the molecule is COc1ccc(OCC2c3cccn3CC(=O)N2Cc2cccc(F)c2)cc1. The van der Waals surface area contributed by atoms with Gasteiger partial charge in [-0.1, -0.05) is 12.1 Å². The molecule has 1 aliphatic rings. The van der Waals surface area contributed by atoms with Crippen LogP contribution in [0.15, 0.2) is 66.9 Å². The first kappa shape index (κ1) is 18.1. The van der Waals surface area contributed by atoms with Gasteiger partial charge >= 0.3 is 0 Å². The molecule has 0 aliphatic carbocycles. The molecule has 1 atom stereocenters. The van der Waals surface area contributed by atoms with Crippen molar-refractivity contribution in [2.75, 3.05) is 13.7 Å². The highest BCUT2D eigenvalue weighted by Gasteiger charge is 2.33. The number of amides is 1. The molecule has 1 aliphatic heterocycles. The number of hydrogen-bond donors (Lipinski definition) is 0. The summed E-state index contributed by atoms with van der Waals surface area (Å²) in [6.07, 6.45) is 1.90. The molecule has 0 fully saturated rings. The van der Waals surface area contributed by atoms with Crippen LogP contribution in [-0.2, 0) is 17.9 Å². The summed E-state index contributed by atoms with van der Waals surface area (Å²) in [5.74, 6) is 1.12. The number of rotatable bonds is 6. The molecule has 2 heterocycles. The van der Waals surface area contributed by atoms with E-state index in [9.17, 15) is 9.18 Å². The summed E-state index contributed by atoms with van der Waals surface area (Å²) in [7, 11) is 1.61. The highest BCUT2D eigenvalue weighted by molar-refractivity contribution is 5.78. The lowest BCUT2D eigenvalue weighted by molar-refractivity contribution is -0.138. The molecule has 0 saturated carbocycles. The van der Waals surface area contributed by atoms with Gasteiger partial charge in [-0.3, -0.25) is 4.79 Å². The van der Waals surface area contributed by atoms with Gasteiger partial charge < -0.3 is 18.9 Å². The van der Waals surface area contributed by atoms with Crippen molar-refractivity contribution in [3.8, 4) is 11.5 Å². The van der Waals surface area contributed by atoms with Crippen LogP contribution in [-0.4, -0.2) is 29.1 Å². The van der Waals surface area contributed by atoms with Crippen LogP contribution in [0.3, 0.4) is 0 Å². The van der Waals surface area contributed by atoms with Crippen molar-refractivity contribution in [3.05, 3.63) is 83.9 Å². The second-order valence-corrected chi connectivity index (χ2v) is 6.71. The standard InChI is InChI=1S/C22H21FN2O3/c1-27-18-7-9-19(10-8-18)28-15-21-20-6-3-11-24(20)14-22(26)25(21)13-16-4-2-5-17(23)12-16/h2-12,21H,13-15H2,1H3. The van der Waals surface area contributed by atoms with Crippen molar-refractivity contribution in [3.63, 3.8) is 0 Å². The number of hydrogen-bond acceptors (Lipinski definition) is 3. The maximum atomic E-state index is 13.6. The lowest BCUT2D eigenvalue weighted by Gasteiger charge is -2.36. The van der Waals surface area contributed by atoms with Gasteiger partial charge in [0, 0.05) is 18.4 Å². The van der Waals surface area contributed by atoms with Crippen LogP contribution in [0.5, 0.6) is 11.5 Å². The quantitative estimate of drug-likeness (QED) is 0.653. The molecule has 4 rings (SSSR count). The Labute approximate surface area is 162 Å². The van der Waals surface area contributed by atoms with Gasteiger partial charge in [-0.25, -0.2) is 4.39 Å². The van der Waals surface area contributed by atoms with Crippen LogP contribution < -0.4 is 9.47 Å². The van der Waals surface area contributed by atoms with Crippen LogP contribution in [0.4, 0.5) is 4.39 Å². The number of fused-ring (bicyclic) bond motifs is 1. The Bertz CT molecular complexity index is 968. The zero-order valence-corrected chi connectivity index (χ0v) is 15.5. The lowest BCUT2D eigenvalue weighted by Crippen LogP contribution is -2.44. The Morgan fingerprint density at radius 1 is 1.07 bits per heavy atom. The average molecular weight is 380 g/mol. The van der Waals surface area contributed by atoms with E-state index in [2.05, 4.69) is 0 Å². The van der Waals surface area contributed by atoms with E-state index < -0.39 is 0 Å². The molecular formula is C22H21FN2O3. The maximum Gasteiger partial charge on any atom is 0.243 e. The average Bonchev–Trinajstić information content (AvgIpc) is 3.16. The van der Waals surface area contributed by atoms with Gasteiger partial charge in [0.1, 0.15) is 36.5 Å². The summed E-state index contributed by atoms with van der Waals surface area (Å²) in [5, 5.41) is 0. The number of methoxy groups -OCH3 is 1. The Balaban J connectivity index is 1.57. The number of aromatic nitrogens is 1. The minimum Gasteiger partial charge on any atom is -0.497 e. The molecule has 0 radical (unpaired) electrons. The number of halogens is 1. The Kier molecular flexibility index (Phi) is 5.02. The summed E-state index contributed by atoms with van der Waals surface area (Å²) in [5.41, 5.74) is 1.76. The van der Waals surface area contributed by atoms with E-state index in [0.29, 0.717) is 18.9 Å². The highest BCUT2D eigenvalue weighted by Crippen LogP contribution is 2.30. The van der Waals surface area contributed by atoms with E-state index >= 15 is 0 Å². The van der Waals surface area contributed by atoms with Gasteiger partial charge in [0.15, 0.2) is 0 Å². The number of ether oxygens (including phenoxy) is 2. The first-order valence-corrected chi connectivity index (χ1v) is 9.10. The lowest BCUT2D eigenvalue weighted by atomic mass is 10.1. The van der Waals surface area contributed by atoms with Crippen molar-refractivity contribution >= 4 is 5.91 Å². The van der Waals surface area contributed by atoms with Crippen LogP contribution in [0, 0.1) is 5.82 Å². The normalized spacial score (nSPS) is 16.0. The minimum absolute atomic E-state index is 0.0173. The summed E-state index contributed by atoms with van der Waals surface area (Å²) in [4.78, 5) is 14.5. The molecule has 0 saturated heterocycles. The Morgan fingerprint density at radius 3 is 2.61 bits per heavy atom. The van der Waals surface area contributed by atoms with Gasteiger partial charge in [0.25, 0.3) is 0 Å². The molecule has 6 heteroatoms. The van der Waals surface area contributed by atoms with Gasteiger partial charge in [-0.15, -0.1) is 0 Å². The first-order valence-electron chi connectivity index (χ1n) is 9.10. The molecular weight excluding hydrogens is 359 g/mol. The molecule has 2 aromatic carbocycles. The minimum atomic E-state index is -0.309. The van der Waals surface area contributed by atoms with Crippen LogP contribution in [0.2, 0.25) is 0 Å². The van der Waals surface area contributed by atoms with Crippen molar-refractivity contribution < 1.29 is 18.7 Å². The van der Waals surface area contributed by atoms with Crippen molar-refractivity contribution in [1.82, 2.24) is 9.47 Å². The molecule has 3 aromatic rings. The largest absolute Gasteiger partial charge is 0.497 e. The maximum absolute atomic E-state index is 13.6. The van der Waals surface area contributed by atoms with E-state index in [4.69, 9.17) is 9.47 Å². The second kappa shape index (κ2) is 7.76. The molecule has 5 nitrogen and oxygen atoms in total. The fraction of sp³-hybridized carbons (Fsp3) is 0.227. The third-order valence-corrected chi connectivity index (χ3v) is 4.92. The number of carbonyl (C=O) groups is 1. The van der Waals surface area contributed by atoms with E-state index in [1.54, 1.807) is 18.1 Å². The molecule has 144 valence electrons. The first-order chi connectivity index (χ1) is 13.6. The Morgan fingerprint density at radius 2 is 1.86 bits per heavy atom. The number of carbonyl (C=O) groups excluding carboxylic acids is 1. The molecule has 1 unspecified atom stereocenters. The fourth-order valence-corrected chi connectivity index (χ4v) is 3.50. The van der Waals surface area contributed by atoms with Gasteiger partial charge in [0.05, 0.1) is 7.11 Å². The molecule has 0 spiro atoms. The predicted octanol–water partition coefficient (Wildman–Crippen LogP) is 3.80. The third-order valence-electron chi connectivity index (χ3n) is 4.92. The topological polar surface area (TPSA) is 43.7 Å². The molecule has 28 heavy (non-hydrogen) atoms. The van der Waals surface area contributed by atoms with Gasteiger partial charge in [0.2, 0.25) is 5.91 Å². The zero-order valence-electron chi connectivity index (χ0n) is 15.5. The fourth-order valence-electron chi connectivity index (χ4n) is 3.50. The molecule has 0 N–H and O–H groups in total. The van der Waals surface area contributed by atoms with Crippen molar-refractivity contribution in [2.24, 2.45) is 0 Å². The van der Waals surface area contributed by atoms with Crippen LogP contribution in [0.1, 0.15) is 17.3 Å². The summed E-state index contributed by atoms with van der Waals surface area (Å²) < 4.78 is 26.7. The van der Waals surface area contributed by atoms with E-state index in [1.165, 1.54) is 12.1 Å². The molecule has 1 amide bonds. The van der Waals surface area contributed by atoms with Crippen molar-refractivity contribution in [1.29, 1.82) is 0 Å². The highest BCUT2D eigenvalue weighted by atomic mass is 19.1.